The van der Waals surface area contributed by atoms with E-state index >= 15 is 0 Å². The molecule has 3 heterocycles. The Balaban J connectivity index is 0.973. The lowest BCUT2D eigenvalue weighted by atomic mass is 9.74. The van der Waals surface area contributed by atoms with Crippen molar-refractivity contribution in [3.63, 3.8) is 0 Å². The maximum Gasteiger partial charge on any atom is 0.309 e. The van der Waals surface area contributed by atoms with E-state index in [2.05, 4.69) is 33.6 Å². The van der Waals surface area contributed by atoms with Gasteiger partial charge in [0.05, 0.1) is 23.9 Å². The number of carbonyl (C=O) groups excluding carboxylic acids is 1. The van der Waals surface area contributed by atoms with Crippen molar-refractivity contribution in [2.24, 2.45) is 23.5 Å². The van der Waals surface area contributed by atoms with Crippen molar-refractivity contribution in [1.29, 1.82) is 0 Å². The summed E-state index contributed by atoms with van der Waals surface area (Å²) in [5.74, 6) is 1.83. The quantitative estimate of drug-likeness (QED) is 0.281. The van der Waals surface area contributed by atoms with Crippen LogP contribution in [-0.4, -0.2) is 45.4 Å². The van der Waals surface area contributed by atoms with Gasteiger partial charge >= 0.3 is 5.97 Å². The van der Waals surface area contributed by atoms with Gasteiger partial charge in [0.2, 0.25) is 0 Å². The van der Waals surface area contributed by atoms with Gasteiger partial charge in [-0.15, -0.1) is 0 Å². The van der Waals surface area contributed by atoms with Crippen LogP contribution in [0.2, 0.25) is 0 Å². The van der Waals surface area contributed by atoms with Crippen LogP contribution >= 0.6 is 0 Å². The van der Waals surface area contributed by atoms with E-state index in [1.54, 1.807) is 12.1 Å². The van der Waals surface area contributed by atoms with Crippen molar-refractivity contribution < 1.29 is 14.6 Å². The Hall–Kier alpha value is -4.24. The Labute approximate surface area is 247 Å². The van der Waals surface area contributed by atoms with Crippen molar-refractivity contribution in [1.82, 2.24) is 25.5 Å². The molecular formula is C33H40N6O3. The standard InChI is InChI=1S/C33H40N6O3/c1-22(39-20-27(18-35-39)29-17-30(36-37-32(29)34)28-9-5-6-10-31(28)40)25-11-13-38(14-12-25)19-24-15-26(16-24)33(41)42-21-23-7-3-2-4-8-23/h2-10,17-18,20,22,24-26,36-37,40H,11-16,19,21,34H2,1H3/t22-,24?,26?/m0/s1. The van der Waals surface area contributed by atoms with E-state index in [-0.39, 0.29) is 23.7 Å². The van der Waals surface area contributed by atoms with E-state index in [9.17, 15) is 9.90 Å². The summed E-state index contributed by atoms with van der Waals surface area (Å²) in [4.78, 5) is 15.0. The van der Waals surface area contributed by atoms with Gasteiger partial charge in [0.15, 0.2) is 0 Å². The van der Waals surface area contributed by atoms with E-state index in [1.807, 2.05) is 54.7 Å². The number of piperidine rings is 1. The van der Waals surface area contributed by atoms with E-state index in [1.165, 1.54) is 0 Å². The summed E-state index contributed by atoms with van der Waals surface area (Å²) in [7, 11) is 0. The van der Waals surface area contributed by atoms with E-state index in [0.29, 0.717) is 29.8 Å². The third-order valence-electron chi connectivity index (χ3n) is 9.06. The number of allylic oxidation sites excluding steroid dienone is 2. The molecule has 2 fully saturated rings. The van der Waals surface area contributed by atoms with E-state index in [0.717, 1.165) is 67.7 Å². The van der Waals surface area contributed by atoms with Crippen molar-refractivity contribution in [3.05, 3.63) is 95.6 Å². The maximum atomic E-state index is 12.4. The number of nitrogens with one attached hydrogen (secondary N) is 2. The second kappa shape index (κ2) is 12.3. The molecular weight excluding hydrogens is 528 g/mol. The number of hydrogen-bond donors (Lipinski definition) is 4. The third kappa shape index (κ3) is 6.16. The molecule has 6 rings (SSSR count). The summed E-state index contributed by atoms with van der Waals surface area (Å²) in [5.41, 5.74) is 16.6. The van der Waals surface area contributed by atoms with E-state index in [4.69, 9.17) is 15.6 Å². The minimum atomic E-state index is -0.0519. The molecule has 3 aromatic rings. The smallest absolute Gasteiger partial charge is 0.309 e. The molecule has 0 amide bonds. The molecule has 220 valence electrons. The van der Waals surface area contributed by atoms with Crippen molar-refractivity contribution in [3.8, 4) is 5.75 Å². The molecule has 9 heteroatoms. The Morgan fingerprint density at radius 1 is 1.10 bits per heavy atom. The largest absolute Gasteiger partial charge is 0.507 e. The highest BCUT2D eigenvalue weighted by molar-refractivity contribution is 5.86. The number of hydrazine groups is 1. The monoisotopic (exact) mass is 568 g/mol. The van der Waals surface area contributed by atoms with Gasteiger partial charge in [-0.05, 0) is 81.3 Å². The first-order chi connectivity index (χ1) is 20.4. The number of phenols is 1. The third-order valence-corrected chi connectivity index (χ3v) is 9.06. The normalized spacial score (nSPS) is 22.0. The highest BCUT2D eigenvalue weighted by Crippen LogP contribution is 2.37. The molecule has 1 atom stereocenters. The van der Waals surface area contributed by atoms with Crippen molar-refractivity contribution in [2.45, 2.75) is 45.3 Å². The molecule has 1 aromatic heterocycles. The summed E-state index contributed by atoms with van der Waals surface area (Å²) in [6.45, 7) is 5.82. The van der Waals surface area contributed by atoms with Gasteiger partial charge in [-0.25, -0.2) is 0 Å². The number of carbonyl (C=O) groups is 1. The maximum absolute atomic E-state index is 12.4. The van der Waals surface area contributed by atoms with Crippen LogP contribution in [0.25, 0.3) is 11.3 Å². The number of likely N-dealkylation sites (tertiary alicyclic amines) is 1. The van der Waals surface area contributed by atoms with Gasteiger partial charge < -0.3 is 20.5 Å². The predicted octanol–water partition coefficient (Wildman–Crippen LogP) is 4.41. The number of para-hydroxylation sites is 1. The van der Waals surface area contributed by atoms with Gasteiger partial charge in [-0.3, -0.25) is 20.3 Å². The summed E-state index contributed by atoms with van der Waals surface area (Å²) >= 11 is 0. The molecule has 0 bridgehead atoms. The summed E-state index contributed by atoms with van der Waals surface area (Å²) in [6.07, 6.45) is 9.99. The molecule has 5 N–H and O–H groups in total. The van der Waals surface area contributed by atoms with Crippen LogP contribution in [0.3, 0.4) is 0 Å². The number of aromatic nitrogens is 2. The van der Waals surface area contributed by atoms with Crippen molar-refractivity contribution >= 4 is 17.2 Å². The van der Waals surface area contributed by atoms with Gasteiger partial charge in [0.25, 0.3) is 0 Å². The number of benzene rings is 2. The Morgan fingerprint density at radius 3 is 2.60 bits per heavy atom. The minimum absolute atomic E-state index is 0.0499. The summed E-state index contributed by atoms with van der Waals surface area (Å²) in [5, 5.41) is 15.0. The van der Waals surface area contributed by atoms with Crippen molar-refractivity contribution in [2.75, 3.05) is 19.6 Å². The molecule has 9 nitrogen and oxygen atoms in total. The van der Waals surface area contributed by atoms with Gasteiger partial charge in [0, 0.05) is 29.4 Å². The highest BCUT2D eigenvalue weighted by atomic mass is 16.5. The number of ether oxygens (including phenoxy) is 1. The minimum Gasteiger partial charge on any atom is -0.507 e. The van der Waals surface area contributed by atoms with Gasteiger partial charge in [-0.2, -0.15) is 5.10 Å². The fourth-order valence-corrected chi connectivity index (χ4v) is 6.37. The van der Waals surface area contributed by atoms with Crippen LogP contribution in [0.15, 0.2) is 78.9 Å². The van der Waals surface area contributed by atoms with Crippen LogP contribution < -0.4 is 16.6 Å². The average Bonchev–Trinajstić information content (AvgIpc) is 3.49. The first-order valence-electron chi connectivity index (χ1n) is 14.9. The van der Waals surface area contributed by atoms with Gasteiger partial charge in [0.1, 0.15) is 18.2 Å². The van der Waals surface area contributed by atoms with Crippen LogP contribution in [0.1, 0.15) is 55.3 Å². The van der Waals surface area contributed by atoms with Crippen LogP contribution in [-0.2, 0) is 16.1 Å². The summed E-state index contributed by atoms with van der Waals surface area (Å²) < 4.78 is 7.60. The van der Waals surface area contributed by atoms with E-state index < -0.39 is 0 Å². The zero-order valence-corrected chi connectivity index (χ0v) is 24.1. The molecule has 0 spiro atoms. The SMILES string of the molecule is C[C@@H](C1CCN(CC2CC(C(=O)OCc3ccccc3)C2)CC1)n1cc(C2=C(N)NNC(c3ccccc3O)=C2)cn1. The van der Waals surface area contributed by atoms with Gasteiger partial charge in [-0.1, -0.05) is 42.5 Å². The Kier molecular flexibility index (Phi) is 8.19. The number of nitrogens with two attached hydrogens (primary N) is 1. The second-order valence-corrected chi connectivity index (χ2v) is 11.9. The topological polar surface area (TPSA) is 118 Å². The van der Waals surface area contributed by atoms with Crippen LogP contribution in [0, 0.1) is 17.8 Å². The average molecular weight is 569 g/mol. The Morgan fingerprint density at radius 2 is 1.83 bits per heavy atom. The number of esters is 1. The van der Waals surface area contributed by atoms with Crippen LogP contribution in [0.5, 0.6) is 5.75 Å². The lowest BCUT2D eigenvalue weighted by Gasteiger charge is -2.40. The molecule has 1 saturated heterocycles. The first-order valence-corrected chi connectivity index (χ1v) is 14.9. The molecule has 1 aliphatic carbocycles. The molecule has 42 heavy (non-hydrogen) atoms. The number of hydrogen-bond acceptors (Lipinski definition) is 8. The molecule has 3 aliphatic rings. The first kappa shape index (κ1) is 27.9. The van der Waals surface area contributed by atoms with Crippen LogP contribution in [0.4, 0.5) is 0 Å². The molecule has 0 radical (unpaired) electrons. The predicted molar refractivity (Wildman–Crippen MR) is 162 cm³/mol. The summed E-state index contributed by atoms with van der Waals surface area (Å²) in [6, 6.07) is 17.3. The highest BCUT2D eigenvalue weighted by Gasteiger charge is 2.37. The second-order valence-electron chi connectivity index (χ2n) is 11.9. The molecule has 2 aromatic carbocycles. The Bertz CT molecular complexity index is 1450. The lowest BCUT2D eigenvalue weighted by Crippen LogP contribution is -2.43. The zero-order chi connectivity index (χ0) is 29.1. The number of nitrogens with zero attached hydrogens (tertiary/aromatic N) is 3. The molecule has 1 saturated carbocycles. The number of phenolic OH excluding ortho intramolecular Hbond substituents is 1. The zero-order valence-electron chi connectivity index (χ0n) is 24.1. The number of aromatic hydroxyl groups is 1. The molecule has 2 aliphatic heterocycles. The fraction of sp³-hybridized carbons (Fsp3) is 0.394. The number of rotatable bonds is 9. The fourth-order valence-electron chi connectivity index (χ4n) is 6.37. The lowest BCUT2D eigenvalue weighted by molar-refractivity contribution is -0.155. The molecule has 0 unspecified atom stereocenters.